The second-order valence-electron chi connectivity index (χ2n) is 5.09. The third-order valence-corrected chi connectivity index (χ3v) is 4.14. The first-order valence-corrected chi connectivity index (χ1v) is 8.09. The number of ketones is 1. The molecule has 2 rings (SSSR count). The Bertz CT molecular complexity index is 747. The van der Waals surface area contributed by atoms with Crippen molar-refractivity contribution in [2.45, 2.75) is 12.8 Å². The third-order valence-electron chi connectivity index (χ3n) is 3.48. The smallest absolute Gasteiger partial charge is 0.341 e. The summed E-state index contributed by atoms with van der Waals surface area (Å²) >= 11 is 12.2. The minimum atomic E-state index is -0.705. The number of methoxy groups -OCH3 is 1. The standard InChI is InChI=1S/C19H16Cl2O3/c1-24-19(23)15(12-14-16(20)8-5-9-17(14)21)18(22)11-10-13-6-3-2-4-7-13/h2-9,12H,10-11H2,1H3. The Hall–Kier alpha value is -2.10. The van der Waals surface area contributed by atoms with Crippen LogP contribution in [0.25, 0.3) is 6.08 Å². The molecule has 0 aromatic heterocycles. The molecule has 0 saturated heterocycles. The van der Waals surface area contributed by atoms with E-state index in [1.165, 1.54) is 13.2 Å². The molecule has 0 aliphatic heterocycles. The van der Waals surface area contributed by atoms with Crippen LogP contribution in [-0.2, 0) is 20.7 Å². The summed E-state index contributed by atoms with van der Waals surface area (Å²) in [6, 6.07) is 14.5. The summed E-state index contributed by atoms with van der Waals surface area (Å²) in [5.74, 6) is -1.02. The molecular formula is C19H16Cl2O3. The Morgan fingerprint density at radius 3 is 2.21 bits per heavy atom. The maximum Gasteiger partial charge on any atom is 0.341 e. The van der Waals surface area contributed by atoms with Crippen molar-refractivity contribution in [1.82, 2.24) is 0 Å². The molecule has 0 aliphatic carbocycles. The van der Waals surface area contributed by atoms with Gasteiger partial charge in [0.2, 0.25) is 0 Å². The van der Waals surface area contributed by atoms with E-state index in [1.54, 1.807) is 18.2 Å². The zero-order valence-corrected chi connectivity index (χ0v) is 14.6. The number of esters is 1. The van der Waals surface area contributed by atoms with Crippen LogP contribution in [0.1, 0.15) is 17.5 Å². The van der Waals surface area contributed by atoms with Crippen LogP contribution >= 0.6 is 23.2 Å². The van der Waals surface area contributed by atoms with Crippen LogP contribution in [0.2, 0.25) is 10.0 Å². The van der Waals surface area contributed by atoms with E-state index in [0.29, 0.717) is 22.0 Å². The van der Waals surface area contributed by atoms with Crippen molar-refractivity contribution in [2.75, 3.05) is 7.11 Å². The molecular weight excluding hydrogens is 347 g/mol. The third kappa shape index (κ3) is 4.70. The summed E-state index contributed by atoms with van der Waals surface area (Å²) in [6.45, 7) is 0. The van der Waals surface area contributed by atoms with Crippen molar-refractivity contribution in [2.24, 2.45) is 0 Å². The lowest BCUT2D eigenvalue weighted by atomic mass is 10.0. The molecule has 0 saturated carbocycles. The van der Waals surface area contributed by atoms with Gasteiger partial charge in [0.15, 0.2) is 5.78 Å². The Morgan fingerprint density at radius 2 is 1.62 bits per heavy atom. The van der Waals surface area contributed by atoms with Gasteiger partial charge in [-0.05, 0) is 30.2 Å². The van der Waals surface area contributed by atoms with Crippen molar-refractivity contribution in [3.63, 3.8) is 0 Å². The summed E-state index contributed by atoms with van der Waals surface area (Å²) in [4.78, 5) is 24.5. The van der Waals surface area contributed by atoms with Crippen molar-refractivity contribution >= 4 is 41.0 Å². The topological polar surface area (TPSA) is 43.4 Å². The predicted octanol–water partition coefficient (Wildman–Crippen LogP) is 4.75. The molecule has 0 fully saturated rings. The van der Waals surface area contributed by atoms with E-state index in [1.807, 2.05) is 30.3 Å². The van der Waals surface area contributed by atoms with Gasteiger partial charge in [-0.3, -0.25) is 4.79 Å². The average molecular weight is 363 g/mol. The van der Waals surface area contributed by atoms with Gasteiger partial charge in [0, 0.05) is 22.0 Å². The molecule has 3 nitrogen and oxygen atoms in total. The van der Waals surface area contributed by atoms with Gasteiger partial charge in [-0.15, -0.1) is 0 Å². The zero-order chi connectivity index (χ0) is 17.5. The zero-order valence-electron chi connectivity index (χ0n) is 13.1. The molecule has 0 radical (unpaired) electrons. The van der Waals surface area contributed by atoms with Crippen LogP contribution in [0, 0.1) is 0 Å². The highest BCUT2D eigenvalue weighted by atomic mass is 35.5. The number of aryl methyl sites for hydroxylation is 1. The van der Waals surface area contributed by atoms with E-state index in [4.69, 9.17) is 27.9 Å². The summed E-state index contributed by atoms with van der Waals surface area (Å²) in [7, 11) is 1.23. The van der Waals surface area contributed by atoms with Crippen LogP contribution < -0.4 is 0 Å². The molecule has 0 heterocycles. The fourth-order valence-corrected chi connectivity index (χ4v) is 2.70. The largest absolute Gasteiger partial charge is 0.465 e. The van der Waals surface area contributed by atoms with Crippen LogP contribution in [0.5, 0.6) is 0 Å². The van der Waals surface area contributed by atoms with Crippen LogP contribution in [0.4, 0.5) is 0 Å². The number of Topliss-reactive ketones (excluding diaryl/α,β-unsaturated/α-hetero) is 1. The van der Waals surface area contributed by atoms with Gasteiger partial charge < -0.3 is 4.74 Å². The minimum absolute atomic E-state index is 0.0663. The van der Waals surface area contributed by atoms with E-state index < -0.39 is 5.97 Å². The Morgan fingerprint density at radius 1 is 1.00 bits per heavy atom. The molecule has 0 aliphatic rings. The lowest BCUT2D eigenvalue weighted by Gasteiger charge is -2.07. The molecule has 0 spiro atoms. The van der Waals surface area contributed by atoms with Crippen LogP contribution in [-0.4, -0.2) is 18.9 Å². The molecule has 5 heteroatoms. The predicted molar refractivity (Wildman–Crippen MR) is 96.2 cm³/mol. The maximum atomic E-state index is 12.5. The molecule has 2 aromatic rings. The van der Waals surface area contributed by atoms with Gasteiger partial charge in [-0.2, -0.15) is 0 Å². The summed E-state index contributed by atoms with van der Waals surface area (Å²) in [6.07, 6.45) is 2.11. The summed E-state index contributed by atoms with van der Waals surface area (Å²) in [5.41, 5.74) is 1.38. The first-order chi connectivity index (χ1) is 11.5. The molecule has 0 bridgehead atoms. The quantitative estimate of drug-likeness (QED) is 0.322. The number of rotatable bonds is 6. The normalized spacial score (nSPS) is 11.2. The number of carbonyl (C=O) groups is 2. The molecule has 2 aromatic carbocycles. The Labute approximate surface area is 150 Å². The molecule has 0 unspecified atom stereocenters. The van der Waals surface area contributed by atoms with E-state index in [0.717, 1.165) is 5.56 Å². The summed E-state index contributed by atoms with van der Waals surface area (Å²) < 4.78 is 4.72. The average Bonchev–Trinajstić information content (AvgIpc) is 2.60. The van der Waals surface area contributed by atoms with Crippen molar-refractivity contribution in [3.05, 3.63) is 75.3 Å². The Balaban J connectivity index is 2.26. The highest BCUT2D eigenvalue weighted by Crippen LogP contribution is 2.27. The first-order valence-electron chi connectivity index (χ1n) is 7.34. The van der Waals surface area contributed by atoms with Crippen LogP contribution in [0.15, 0.2) is 54.1 Å². The van der Waals surface area contributed by atoms with Gasteiger partial charge in [0.05, 0.1) is 7.11 Å². The highest BCUT2D eigenvalue weighted by molar-refractivity contribution is 6.37. The molecule has 0 atom stereocenters. The van der Waals surface area contributed by atoms with Gasteiger partial charge in [0.25, 0.3) is 0 Å². The monoisotopic (exact) mass is 362 g/mol. The van der Waals surface area contributed by atoms with E-state index in [-0.39, 0.29) is 17.8 Å². The number of hydrogen-bond acceptors (Lipinski definition) is 3. The van der Waals surface area contributed by atoms with Gasteiger partial charge in [-0.1, -0.05) is 59.6 Å². The van der Waals surface area contributed by atoms with E-state index in [2.05, 4.69) is 0 Å². The van der Waals surface area contributed by atoms with E-state index in [9.17, 15) is 9.59 Å². The van der Waals surface area contributed by atoms with Gasteiger partial charge >= 0.3 is 5.97 Å². The Kier molecular flexibility index (Phi) is 6.59. The number of carbonyl (C=O) groups excluding carboxylic acids is 2. The maximum absolute atomic E-state index is 12.5. The first kappa shape index (κ1) is 18.2. The number of hydrogen-bond donors (Lipinski definition) is 0. The fourth-order valence-electron chi connectivity index (χ4n) is 2.19. The van der Waals surface area contributed by atoms with Gasteiger partial charge in [0.1, 0.15) is 5.57 Å². The lowest BCUT2D eigenvalue weighted by molar-refractivity contribution is -0.137. The minimum Gasteiger partial charge on any atom is -0.465 e. The second-order valence-corrected chi connectivity index (χ2v) is 5.91. The fraction of sp³-hybridized carbons (Fsp3) is 0.158. The molecule has 0 amide bonds. The van der Waals surface area contributed by atoms with Crippen LogP contribution in [0.3, 0.4) is 0 Å². The van der Waals surface area contributed by atoms with E-state index >= 15 is 0 Å². The highest BCUT2D eigenvalue weighted by Gasteiger charge is 2.20. The number of ether oxygens (including phenoxy) is 1. The van der Waals surface area contributed by atoms with Crippen molar-refractivity contribution in [1.29, 1.82) is 0 Å². The van der Waals surface area contributed by atoms with Gasteiger partial charge in [-0.25, -0.2) is 4.79 Å². The number of halogens is 2. The molecule has 124 valence electrons. The van der Waals surface area contributed by atoms with Crippen molar-refractivity contribution < 1.29 is 14.3 Å². The molecule has 0 N–H and O–H groups in total. The lowest BCUT2D eigenvalue weighted by Crippen LogP contribution is -2.15. The van der Waals surface area contributed by atoms with Crippen molar-refractivity contribution in [3.8, 4) is 0 Å². The molecule has 24 heavy (non-hydrogen) atoms. The second kappa shape index (κ2) is 8.67. The summed E-state index contributed by atoms with van der Waals surface area (Å²) in [5, 5.41) is 0.722. The number of benzene rings is 2. The SMILES string of the molecule is COC(=O)C(=Cc1c(Cl)cccc1Cl)C(=O)CCc1ccccc1.